The average Bonchev–Trinajstić information content (AvgIpc) is 3.13. The van der Waals surface area contributed by atoms with E-state index < -0.39 is 0 Å². The Morgan fingerprint density at radius 2 is 1.45 bits per heavy atom. The second-order valence-corrected chi connectivity index (χ2v) is 8.14. The molecule has 2 aliphatic rings. The smallest absolute Gasteiger partial charge is 0.227 e. The highest BCUT2D eigenvalue weighted by atomic mass is 16.2. The van der Waals surface area contributed by atoms with E-state index in [9.17, 15) is 4.79 Å². The van der Waals surface area contributed by atoms with Gasteiger partial charge in [0, 0.05) is 32.7 Å². The van der Waals surface area contributed by atoms with Crippen LogP contribution in [0.4, 0.5) is 0 Å². The van der Waals surface area contributed by atoms with Gasteiger partial charge in [-0.05, 0) is 39.8 Å². The van der Waals surface area contributed by atoms with Crippen molar-refractivity contribution >= 4 is 5.91 Å². The van der Waals surface area contributed by atoms with Gasteiger partial charge in [-0.15, -0.1) is 0 Å². The van der Waals surface area contributed by atoms with E-state index in [1.165, 1.54) is 27.8 Å². The minimum atomic E-state index is 0.242. The lowest BCUT2D eigenvalue weighted by atomic mass is 10.0. The van der Waals surface area contributed by atoms with Gasteiger partial charge in [-0.1, -0.05) is 72.8 Å². The SMILES string of the molecule is O=C(Cc1ccccc1)N1CCN(Cc2ccc3c(c2)Cc2ccccc2-3)CC1. The second-order valence-electron chi connectivity index (χ2n) is 8.14. The van der Waals surface area contributed by atoms with Crippen LogP contribution in [0, 0.1) is 0 Å². The van der Waals surface area contributed by atoms with E-state index in [1.54, 1.807) is 0 Å². The van der Waals surface area contributed by atoms with Gasteiger partial charge in [0.05, 0.1) is 6.42 Å². The second kappa shape index (κ2) is 7.84. The van der Waals surface area contributed by atoms with Gasteiger partial charge in [-0.2, -0.15) is 0 Å². The number of hydrogen-bond acceptors (Lipinski definition) is 2. The fourth-order valence-electron chi connectivity index (χ4n) is 4.59. The van der Waals surface area contributed by atoms with Gasteiger partial charge < -0.3 is 4.90 Å². The predicted octanol–water partition coefficient (Wildman–Crippen LogP) is 4.14. The van der Waals surface area contributed by atoms with Crippen molar-refractivity contribution in [3.05, 3.63) is 95.1 Å². The molecular weight excluding hydrogens is 356 g/mol. The summed E-state index contributed by atoms with van der Waals surface area (Å²) in [6, 6.07) is 25.7. The molecule has 0 aromatic heterocycles. The Morgan fingerprint density at radius 3 is 2.28 bits per heavy atom. The van der Waals surface area contributed by atoms with Crippen LogP contribution < -0.4 is 0 Å². The number of nitrogens with zero attached hydrogens (tertiary/aromatic N) is 2. The van der Waals surface area contributed by atoms with Crippen LogP contribution in [-0.4, -0.2) is 41.9 Å². The van der Waals surface area contributed by atoms with Crippen LogP contribution in [0.25, 0.3) is 11.1 Å². The number of fused-ring (bicyclic) bond motifs is 3. The molecule has 3 aromatic carbocycles. The molecule has 0 radical (unpaired) electrons. The van der Waals surface area contributed by atoms with Gasteiger partial charge in [0.2, 0.25) is 5.91 Å². The molecule has 1 aliphatic heterocycles. The number of benzene rings is 3. The third-order valence-corrected chi connectivity index (χ3v) is 6.19. The van der Waals surface area contributed by atoms with Crippen LogP contribution in [0.15, 0.2) is 72.8 Å². The summed E-state index contributed by atoms with van der Waals surface area (Å²) in [6.07, 6.45) is 1.55. The highest BCUT2D eigenvalue weighted by Crippen LogP contribution is 2.36. The molecule has 29 heavy (non-hydrogen) atoms. The molecule has 5 rings (SSSR count). The molecule has 0 saturated carbocycles. The van der Waals surface area contributed by atoms with Crippen LogP contribution in [0.3, 0.4) is 0 Å². The molecule has 1 aliphatic carbocycles. The van der Waals surface area contributed by atoms with E-state index in [2.05, 4.69) is 47.4 Å². The lowest BCUT2D eigenvalue weighted by molar-refractivity contribution is -0.132. The van der Waals surface area contributed by atoms with E-state index >= 15 is 0 Å². The topological polar surface area (TPSA) is 23.6 Å². The maximum absolute atomic E-state index is 12.6. The number of hydrogen-bond donors (Lipinski definition) is 0. The Balaban J connectivity index is 1.18. The summed E-state index contributed by atoms with van der Waals surface area (Å²) >= 11 is 0. The highest BCUT2D eigenvalue weighted by Gasteiger charge is 2.22. The van der Waals surface area contributed by atoms with Crippen molar-refractivity contribution in [2.45, 2.75) is 19.4 Å². The minimum Gasteiger partial charge on any atom is -0.340 e. The van der Waals surface area contributed by atoms with Crippen LogP contribution in [0.1, 0.15) is 22.3 Å². The van der Waals surface area contributed by atoms with Crippen molar-refractivity contribution in [2.75, 3.05) is 26.2 Å². The van der Waals surface area contributed by atoms with Gasteiger partial charge in [0.1, 0.15) is 0 Å². The summed E-state index contributed by atoms with van der Waals surface area (Å²) in [6.45, 7) is 4.49. The first-order valence-corrected chi connectivity index (χ1v) is 10.5. The normalized spacial score (nSPS) is 15.8. The van der Waals surface area contributed by atoms with Crippen molar-refractivity contribution in [3.8, 4) is 11.1 Å². The first-order valence-electron chi connectivity index (χ1n) is 10.5. The van der Waals surface area contributed by atoms with Crippen molar-refractivity contribution in [1.82, 2.24) is 9.80 Å². The van der Waals surface area contributed by atoms with Gasteiger partial charge in [-0.25, -0.2) is 0 Å². The molecule has 0 unspecified atom stereocenters. The summed E-state index contributed by atoms with van der Waals surface area (Å²) in [4.78, 5) is 17.1. The first-order chi connectivity index (χ1) is 14.3. The number of carbonyl (C=O) groups is 1. The third kappa shape index (κ3) is 3.83. The number of carbonyl (C=O) groups excluding carboxylic acids is 1. The molecule has 1 fully saturated rings. The zero-order valence-corrected chi connectivity index (χ0v) is 16.7. The lowest BCUT2D eigenvalue weighted by Crippen LogP contribution is -2.48. The van der Waals surface area contributed by atoms with Crippen molar-refractivity contribution in [2.24, 2.45) is 0 Å². The fraction of sp³-hybridized carbons (Fsp3) is 0.269. The van der Waals surface area contributed by atoms with Gasteiger partial charge >= 0.3 is 0 Å². The molecule has 1 saturated heterocycles. The molecule has 3 nitrogen and oxygen atoms in total. The Bertz CT molecular complexity index is 1020. The number of amides is 1. The van der Waals surface area contributed by atoms with Crippen LogP contribution in [0.2, 0.25) is 0 Å². The molecule has 0 N–H and O–H groups in total. The zero-order valence-electron chi connectivity index (χ0n) is 16.7. The van der Waals surface area contributed by atoms with E-state index in [-0.39, 0.29) is 5.91 Å². The van der Waals surface area contributed by atoms with Crippen LogP contribution in [-0.2, 0) is 24.2 Å². The largest absolute Gasteiger partial charge is 0.340 e. The maximum atomic E-state index is 12.6. The molecule has 0 spiro atoms. The number of rotatable bonds is 4. The van der Waals surface area contributed by atoms with E-state index in [0.29, 0.717) is 6.42 Å². The van der Waals surface area contributed by atoms with Crippen LogP contribution in [0.5, 0.6) is 0 Å². The van der Waals surface area contributed by atoms with Gasteiger partial charge in [0.25, 0.3) is 0 Å². The van der Waals surface area contributed by atoms with Gasteiger partial charge in [0.15, 0.2) is 0 Å². The quantitative estimate of drug-likeness (QED) is 0.529. The molecule has 3 heteroatoms. The van der Waals surface area contributed by atoms with E-state index in [0.717, 1.165) is 44.7 Å². The molecule has 1 heterocycles. The molecular formula is C26H26N2O. The fourth-order valence-corrected chi connectivity index (χ4v) is 4.59. The maximum Gasteiger partial charge on any atom is 0.227 e. The van der Waals surface area contributed by atoms with Crippen molar-refractivity contribution < 1.29 is 4.79 Å². The molecule has 1 amide bonds. The molecule has 0 atom stereocenters. The highest BCUT2D eigenvalue weighted by molar-refractivity contribution is 5.79. The number of piperazine rings is 1. The first kappa shape index (κ1) is 18.1. The zero-order chi connectivity index (χ0) is 19.6. The summed E-state index contributed by atoms with van der Waals surface area (Å²) in [5.74, 6) is 0.242. The van der Waals surface area contributed by atoms with Gasteiger partial charge in [-0.3, -0.25) is 9.69 Å². The van der Waals surface area contributed by atoms with Crippen molar-refractivity contribution in [3.63, 3.8) is 0 Å². The summed E-state index contributed by atoms with van der Waals surface area (Å²) in [5, 5.41) is 0. The predicted molar refractivity (Wildman–Crippen MR) is 117 cm³/mol. The summed E-state index contributed by atoms with van der Waals surface area (Å²) < 4.78 is 0. The van der Waals surface area contributed by atoms with Crippen LogP contribution >= 0.6 is 0 Å². The Labute approximate surface area is 172 Å². The summed E-state index contributed by atoms with van der Waals surface area (Å²) in [7, 11) is 0. The lowest BCUT2D eigenvalue weighted by Gasteiger charge is -2.35. The molecule has 3 aromatic rings. The minimum absolute atomic E-state index is 0.242. The van der Waals surface area contributed by atoms with Crippen molar-refractivity contribution in [1.29, 1.82) is 0 Å². The Kier molecular flexibility index (Phi) is 4.91. The molecule has 0 bridgehead atoms. The standard InChI is InChI=1S/C26H26N2O/c29-26(17-20-6-2-1-3-7-20)28-14-12-27(13-15-28)19-21-10-11-25-23(16-21)18-22-8-4-5-9-24(22)25/h1-11,16H,12-15,17-19H2. The monoisotopic (exact) mass is 382 g/mol. The molecule has 146 valence electrons. The third-order valence-electron chi connectivity index (χ3n) is 6.19. The van der Waals surface area contributed by atoms with E-state index in [1.807, 2.05) is 35.2 Å². The average molecular weight is 383 g/mol. The Hall–Kier alpha value is -2.91. The summed E-state index contributed by atoms with van der Waals surface area (Å²) in [5.41, 5.74) is 8.13. The van der Waals surface area contributed by atoms with E-state index in [4.69, 9.17) is 0 Å². The Morgan fingerprint density at radius 1 is 0.724 bits per heavy atom.